The van der Waals surface area contributed by atoms with E-state index in [1.807, 2.05) is 97.1 Å². The van der Waals surface area contributed by atoms with Crippen molar-refractivity contribution in [1.82, 2.24) is 19.5 Å². The number of para-hydroxylation sites is 5. The summed E-state index contributed by atoms with van der Waals surface area (Å²) in [6.45, 7) is 0. The average Bonchev–Trinajstić information content (AvgIpc) is 3.55. The number of ether oxygens (including phenoxy) is 2. The first-order valence-corrected chi connectivity index (χ1v) is 17.2. The van der Waals surface area contributed by atoms with Crippen molar-refractivity contribution in [3.8, 4) is 62.8 Å². The second-order valence-corrected chi connectivity index (χ2v) is 12.9. The molecule has 9 aromatic rings. The van der Waals surface area contributed by atoms with Crippen LogP contribution in [0.5, 0.6) is 23.0 Å². The van der Waals surface area contributed by atoms with Crippen molar-refractivity contribution in [2.24, 2.45) is 0 Å². The van der Waals surface area contributed by atoms with E-state index >= 15 is 0 Å². The molecule has 0 bridgehead atoms. The van der Waals surface area contributed by atoms with Crippen LogP contribution in [0, 0.1) is 0 Å². The first-order valence-electron chi connectivity index (χ1n) is 17.2. The lowest BCUT2D eigenvalue weighted by Gasteiger charge is -2.38. The van der Waals surface area contributed by atoms with Gasteiger partial charge in [-0.3, -0.25) is 4.90 Å². The number of aromatic nitrogens is 4. The summed E-state index contributed by atoms with van der Waals surface area (Å²) >= 11 is 0. The van der Waals surface area contributed by atoms with Crippen molar-refractivity contribution in [2.75, 3.05) is 4.90 Å². The standard InChI is InChI=1S/C45H27N5O2/c1-3-14-28(15-4-1)43-46-44(29-16-5-2-6-17-29)48-45(47-43)30-18-13-19-31(26-30)49-33-21-8-7-20-32(33)40-36(49)27-39-41-42(40)52-38-25-12-10-23-35(38)50(41)34-22-9-11-24-37(34)51-39/h1-27H. The number of hydrogen-bond donors (Lipinski definition) is 0. The predicted octanol–water partition coefficient (Wildman–Crippen LogP) is 11.7. The maximum Gasteiger partial charge on any atom is 0.165 e. The van der Waals surface area contributed by atoms with Crippen molar-refractivity contribution in [3.05, 3.63) is 164 Å². The lowest BCUT2D eigenvalue weighted by atomic mass is 10.0. The van der Waals surface area contributed by atoms with Gasteiger partial charge in [-0.15, -0.1) is 0 Å². The minimum atomic E-state index is 0.596. The molecular weight excluding hydrogens is 643 g/mol. The van der Waals surface area contributed by atoms with Crippen molar-refractivity contribution in [2.45, 2.75) is 0 Å². The summed E-state index contributed by atoms with van der Waals surface area (Å²) in [5.41, 5.74) is 8.56. The zero-order valence-electron chi connectivity index (χ0n) is 27.6. The lowest BCUT2D eigenvalue weighted by molar-refractivity contribution is 0.450. The van der Waals surface area contributed by atoms with E-state index in [0.29, 0.717) is 17.5 Å². The van der Waals surface area contributed by atoms with Crippen LogP contribution in [0.3, 0.4) is 0 Å². The van der Waals surface area contributed by atoms with Gasteiger partial charge in [0, 0.05) is 33.8 Å². The fraction of sp³-hybridized carbons (Fsp3) is 0. The zero-order chi connectivity index (χ0) is 34.2. The molecule has 2 aliphatic rings. The van der Waals surface area contributed by atoms with E-state index in [1.165, 1.54) is 0 Å². The molecule has 4 heterocycles. The van der Waals surface area contributed by atoms with Gasteiger partial charge in [0.25, 0.3) is 0 Å². The molecule has 0 aliphatic carbocycles. The van der Waals surface area contributed by atoms with Gasteiger partial charge in [0.05, 0.1) is 27.8 Å². The van der Waals surface area contributed by atoms with Gasteiger partial charge in [-0.05, 0) is 42.5 Å². The van der Waals surface area contributed by atoms with Gasteiger partial charge in [-0.25, -0.2) is 15.0 Å². The van der Waals surface area contributed by atoms with Crippen LogP contribution < -0.4 is 14.4 Å². The number of anilines is 3. The molecule has 11 rings (SSSR count). The summed E-state index contributed by atoms with van der Waals surface area (Å²) in [6.07, 6.45) is 0. The molecule has 0 spiro atoms. The molecule has 7 aromatic carbocycles. The maximum atomic E-state index is 6.85. The smallest absolute Gasteiger partial charge is 0.165 e. The predicted molar refractivity (Wildman–Crippen MR) is 205 cm³/mol. The number of fused-ring (bicyclic) bond motifs is 8. The number of benzene rings is 7. The largest absolute Gasteiger partial charge is 0.453 e. The van der Waals surface area contributed by atoms with Gasteiger partial charge in [0.15, 0.2) is 40.5 Å². The van der Waals surface area contributed by atoms with Crippen LogP contribution in [0.4, 0.5) is 17.1 Å². The Morgan fingerprint density at radius 2 is 0.981 bits per heavy atom. The monoisotopic (exact) mass is 669 g/mol. The molecule has 0 saturated carbocycles. The zero-order valence-corrected chi connectivity index (χ0v) is 27.6. The fourth-order valence-electron chi connectivity index (χ4n) is 7.50. The highest BCUT2D eigenvalue weighted by molar-refractivity contribution is 6.17. The Morgan fingerprint density at radius 3 is 1.67 bits per heavy atom. The molecule has 52 heavy (non-hydrogen) atoms. The Labute approximate surface area is 298 Å². The van der Waals surface area contributed by atoms with Crippen LogP contribution in [0.25, 0.3) is 61.7 Å². The van der Waals surface area contributed by atoms with E-state index < -0.39 is 0 Å². The normalized spacial score (nSPS) is 12.5. The lowest BCUT2D eigenvalue weighted by Crippen LogP contribution is -2.20. The second kappa shape index (κ2) is 11.1. The third-order valence-corrected chi connectivity index (χ3v) is 9.78. The van der Waals surface area contributed by atoms with E-state index in [9.17, 15) is 0 Å². The van der Waals surface area contributed by atoms with E-state index in [-0.39, 0.29) is 0 Å². The van der Waals surface area contributed by atoms with Crippen LogP contribution >= 0.6 is 0 Å². The Kier molecular flexibility index (Phi) is 6.12. The summed E-state index contributed by atoms with van der Waals surface area (Å²) in [6, 6.07) is 55.4. The highest BCUT2D eigenvalue weighted by atomic mass is 16.5. The highest BCUT2D eigenvalue weighted by Crippen LogP contribution is 2.62. The Hall–Kier alpha value is -7.25. The molecule has 244 valence electrons. The minimum absolute atomic E-state index is 0.596. The van der Waals surface area contributed by atoms with E-state index in [4.69, 9.17) is 24.4 Å². The van der Waals surface area contributed by atoms with Crippen molar-refractivity contribution < 1.29 is 9.47 Å². The Bertz CT molecular complexity index is 2800. The minimum Gasteiger partial charge on any atom is -0.453 e. The molecule has 0 unspecified atom stereocenters. The van der Waals surface area contributed by atoms with Crippen molar-refractivity contribution in [1.29, 1.82) is 0 Å². The third kappa shape index (κ3) is 4.29. The average molecular weight is 670 g/mol. The second-order valence-electron chi connectivity index (χ2n) is 12.9. The van der Waals surface area contributed by atoms with Crippen LogP contribution in [-0.4, -0.2) is 19.5 Å². The molecule has 2 aromatic heterocycles. The van der Waals surface area contributed by atoms with Crippen LogP contribution in [0.15, 0.2) is 164 Å². The first kappa shape index (κ1) is 28.6. The summed E-state index contributed by atoms with van der Waals surface area (Å²) in [5.74, 6) is 4.92. The number of rotatable bonds is 4. The van der Waals surface area contributed by atoms with Gasteiger partial charge in [-0.1, -0.05) is 115 Å². The van der Waals surface area contributed by atoms with Crippen LogP contribution in [0.1, 0.15) is 0 Å². The van der Waals surface area contributed by atoms with Crippen molar-refractivity contribution >= 4 is 38.9 Å². The summed E-state index contributed by atoms with van der Waals surface area (Å²) in [4.78, 5) is 17.2. The summed E-state index contributed by atoms with van der Waals surface area (Å²) in [7, 11) is 0. The van der Waals surface area contributed by atoms with Crippen LogP contribution in [0.2, 0.25) is 0 Å². The SMILES string of the molecule is c1ccc(-c2nc(-c3ccccc3)nc(-c3cccc(-n4c5ccccc5c5c6c7c(cc54)Oc4ccccc4N7c4ccccc4O6)c3)n2)cc1. The fourth-order valence-corrected chi connectivity index (χ4v) is 7.50. The Morgan fingerprint density at radius 1 is 0.423 bits per heavy atom. The number of nitrogens with zero attached hydrogens (tertiary/aromatic N) is 5. The van der Waals surface area contributed by atoms with Gasteiger partial charge >= 0.3 is 0 Å². The Balaban J connectivity index is 1.14. The third-order valence-electron chi connectivity index (χ3n) is 9.78. The molecule has 0 N–H and O–H groups in total. The molecule has 0 atom stereocenters. The van der Waals surface area contributed by atoms with E-state index in [0.717, 1.165) is 84.2 Å². The van der Waals surface area contributed by atoms with Gasteiger partial charge in [0.2, 0.25) is 0 Å². The van der Waals surface area contributed by atoms with E-state index in [1.54, 1.807) is 0 Å². The van der Waals surface area contributed by atoms with Gasteiger partial charge in [0.1, 0.15) is 5.69 Å². The highest BCUT2D eigenvalue weighted by Gasteiger charge is 2.37. The molecule has 0 saturated heterocycles. The first-order chi connectivity index (χ1) is 25.8. The summed E-state index contributed by atoms with van der Waals surface area (Å²) in [5, 5.41) is 2.09. The molecule has 0 fully saturated rings. The van der Waals surface area contributed by atoms with E-state index in [2.05, 4.69) is 76.2 Å². The van der Waals surface area contributed by atoms with Crippen molar-refractivity contribution in [3.63, 3.8) is 0 Å². The topological polar surface area (TPSA) is 65.3 Å². The molecule has 2 aliphatic heterocycles. The summed E-state index contributed by atoms with van der Waals surface area (Å²) < 4.78 is 15.8. The quantitative estimate of drug-likeness (QED) is 0.186. The molecular formula is C45H27N5O2. The molecule has 0 radical (unpaired) electrons. The molecule has 7 heteroatoms. The van der Waals surface area contributed by atoms with Crippen LogP contribution in [-0.2, 0) is 0 Å². The number of hydrogen-bond acceptors (Lipinski definition) is 6. The molecule has 0 amide bonds. The molecule has 7 nitrogen and oxygen atoms in total. The maximum absolute atomic E-state index is 6.85. The van der Waals surface area contributed by atoms with Gasteiger partial charge < -0.3 is 14.0 Å². The van der Waals surface area contributed by atoms with Gasteiger partial charge in [-0.2, -0.15) is 0 Å².